The quantitative estimate of drug-likeness (QED) is 0.875. The zero-order valence-electron chi connectivity index (χ0n) is 12.3. The molecule has 1 saturated heterocycles. The van der Waals surface area contributed by atoms with E-state index in [1.807, 2.05) is 18.2 Å². The number of ether oxygens (including phenoxy) is 1. The predicted octanol–water partition coefficient (Wildman–Crippen LogP) is 3.36. The van der Waals surface area contributed by atoms with E-state index < -0.39 is 5.97 Å². The van der Waals surface area contributed by atoms with Crippen LogP contribution in [0, 0.1) is 0 Å². The molecule has 116 valence electrons. The second-order valence-electron chi connectivity index (χ2n) is 5.42. The summed E-state index contributed by atoms with van der Waals surface area (Å²) in [5.41, 5.74) is 1.25. The zero-order chi connectivity index (χ0) is 15.2. The molecule has 1 fully saturated rings. The maximum absolute atomic E-state index is 10.5. The fraction of sp³-hybridized carbons (Fsp3) is 0.562. The molecule has 0 amide bonds. The second kappa shape index (κ2) is 7.78. The largest absolute Gasteiger partial charge is 0.480 e. The van der Waals surface area contributed by atoms with Crippen LogP contribution in [0.5, 0.6) is 0 Å². The first-order chi connectivity index (χ1) is 10.1. The third-order valence-corrected chi connectivity index (χ3v) is 4.22. The van der Waals surface area contributed by atoms with E-state index in [0.717, 1.165) is 37.4 Å². The highest BCUT2D eigenvalue weighted by molar-refractivity contribution is 6.30. The molecule has 1 atom stereocenters. The molecule has 0 radical (unpaired) electrons. The van der Waals surface area contributed by atoms with Crippen LogP contribution >= 0.6 is 11.6 Å². The van der Waals surface area contributed by atoms with Gasteiger partial charge in [0, 0.05) is 24.2 Å². The molecule has 1 aliphatic heterocycles. The minimum absolute atomic E-state index is 0.0641. The average molecular weight is 312 g/mol. The molecule has 1 unspecified atom stereocenters. The molecule has 0 aliphatic carbocycles. The zero-order valence-corrected chi connectivity index (χ0v) is 13.1. The lowest BCUT2D eigenvalue weighted by molar-refractivity contribution is -0.145. The van der Waals surface area contributed by atoms with Crippen molar-refractivity contribution in [1.82, 2.24) is 4.90 Å². The van der Waals surface area contributed by atoms with Crippen molar-refractivity contribution in [1.29, 1.82) is 0 Å². The van der Waals surface area contributed by atoms with Gasteiger partial charge >= 0.3 is 5.97 Å². The summed E-state index contributed by atoms with van der Waals surface area (Å²) in [5.74, 6) is -0.900. The van der Waals surface area contributed by atoms with Crippen LogP contribution in [0.1, 0.15) is 37.8 Å². The number of carbonyl (C=O) groups is 1. The van der Waals surface area contributed by atoms with Gasteiger partial charge in [-0.3, -0.25) is 4.90 Å². The molecule has 21 heavy (non-hydrogen) atoms. The molecule has 5 heteroatoms. The summed E-state index contributed by atoms with van der Waals surface area (Å²) in [6.07, 6.45) is 2.85. The standard InChI is InChI=1S/C16H22ClNO3/c1-2-15(12-4-3-5-13(17)10-12)18-8-6-14(7-9-18)21-11-16(19)20/h3-5,10,14-15H,2,6-9,11H2,1H3,(H,19,20). The molecule has 0 bridgehead atoms. The van der Waals surface area contributed by atoms with Gasteiger partial charge in [-0.2, -0.15) is 0 Å². The Kier molecular flexibility index (Phi) is 6.03. The fourth-order valence-electron chi connectivity index (χ4n) is 2.96. The van der Waals surface area contributed by atoms with E-state index in [1.165, 1.54) is 5.56 Å². The van der Waals surface area contributed by atoms with Gasteiger partial charge in [0.25, 0.3) is 0 Å². The highest BCUT2D eigenvalue weighted by Crippen LogP contribution is 2.29. The number of carboxylic acid groups (broad SMARTS) is 1. The lowest BCUT2D eigenvalue weighted by Gasteiger charge is -2.37. The van der Waals surface area contributed by atoms with Gasteiger partial charge in [-0.1, -0.05) is 30.7 Å². The van der Waals surface area contributed by atoms with Crippen molar-refractivity contribution in [3.8, 4) is 0 Å². The Hall–Kier alpha value is -1.10. The Bertz CT molecular complexity index is 472. The number of nitrogens with zero attached hydrogens (tertiary/aromatic N) is 1. The number of carboxylic acids is 1. The van der Waals surface area contributed by atoms with Crippen molar-refractivity contribution in [3.05, 3.63) is 34.9 Å². The number of halogens is 1. The minimum Gasteiger partial charge on any atom is -0.480 e. The first-order valence-electron chi connectivity index (χ1n) is 7.43. The first-order valence-corrected chi connectivity index (χ1v) is 7.81. The molecule has 2 rings (SSSR count). The van der Waals surface area contributed by atoms with E-state index in [-0.39, 0.29) is 12.7 Å². The van der Waals surface area contributed by atoms with Crippen LogP contribution in [0.2, 0.25) is 5.02 Å². The van der Waals surface area contributed by atoms with Crippen LogP contribution in [0.25, 0.3) is 0 Å². The number of rotatable bonds is 6. The van der Waals surface area contributed by atoms with Crippen LogP contribution in [0.4, 0.5) is 0 Å². The highest BCUT2D eigenvalue weighted by atomic mass is 35.5. The summed E-state index contributed by atoms with van der Waals surface area (Å²) in [6, 6.07) is 8.40. The first kappa shape index (κ1) is 16.3. The number of benzene rings is 1. The van der Waals surface area contributed by atoms with Crippen molar-refractivity contribution in [2.45, 2.75) is 38.3 Å². The predicted molar refractivity (Wildman–Crippen MR) is 82.7 cm³/mol. The maximum atomic E-state index is 10.5. The van der Waals surface area contributed by atoms with E-state index in [9.17, 15) is 4.79 Å². The molecule has 0 saturated carbocycles. The van der Waals surface area contributed by atoms with Crippen molar-refractivity contribution < 1.29 is 14.6 Å². The van der Waals surface area contributed by atoms with Crippen LogP contribution in [0.15, 0.2) is 24.3 Å². The van der Waals surface area contributed by atoms with Gasteiger partial charge in [-0.05, 0) is 37.0 Å². The Labute approximate surface area is 130 Å². The van der Waals surface area contributed by atoms with Gasteiger partial charge < -0.3 is 9.84 Å². The van der Waals surface area contributed by atoms with Gasteiger partial charge in [-0.15, -0.1) is 0 Å². The lowest BCUT2D eigenvalue weighted by Crippen LogP contribution is -2.39. The monoisotopic (exact) mass is 311 g/mol. The number of hydrogen-bond acceptors (Lipinski definition) is 3. The van der Waals surface area contributed by atoms with E-state index in [2.05, 4.69) is 17.9 Å². The van der Waals surface area contributed by atoms with E-state index in [1.54, 1.807) is 0 Å². The number of aliphatic carboxylic acids is 1. The van der Waals surface area contributed by atoms with Crippen LogP contribution < -0.4 is 0 Å². The second-order valence-corrected chi connectivity index (χ2v) is 5.86. The van der Waals surface area contributed by atoms with Crippen LogP contribution in [-0.2, 0) is 9.53 Å². The maximum Gasteiger partial charge on any atom is 0.329 e. The summed E-state index contributed by atoms with van der Waals surface area (Å²) >= 11 is 6.08. The van der Waals surface area contributed by atoms with E-state index >= 15 is 0 Å². The average Bonchev–Trinajstić information content (AvgIpc) is 2.47. The van der Waals surface area contributed by atoms with E-state index in [4.69, 9.17) is 21.4 Å². The lowest BCUT2D eigenvalue weighted by atomic mass is 9.98. The SMILES string of the molecule is CCC(c1cccc(Cl)c1)N1CCC(OCC(=O)O)CC1. The Balaban J connectivity index is 1.92. The Morgan fingerprint density at radius 1 is 1.48 bits per heavy atom. The van der Waals surface area contributed by atoms with Gasteiger partial charge in [0.05, 0.1) is 6.10 Å². The Morgan fingerprint density at radius 3 is 2.76 bits per heavy atom. The summed E-state index contributed by atoms with van der Waals surface area (Å²) in [6.45, 7) is 3.83. The summed E-state index contributed by atoms with van der Waals surface area (Å²) < 4.78 is 5.38. The minimum atomic E-state index is -0.900. The van der Waals surface area contributed by atoms with Crippen LogP contribution in [-0.4, -0.2) is 41.8 Å². The third-order valence-electron chi connectivity index (χ3n) is 3.98. The van der Waals surface area contributed by atoms with Gasteiger partial charge in [0.2, 0.25) is 0 Å². The van der Waals surface area contributed by atoms with Gasteiger partial charge in [-0.25, -0.2) is 4.79 Å². The summed E-state index contributed by atoms with van der Waals surface area (Å²) in [5, 5.41) is 9.42. The number of hydrogen-bond donors (Lipinski definition) is 1. The molecule has 0 aromatic heterocycles. The molecular formula is C16H22ClNO3. The molecule has 4 nitrogen and oxygen atoms in total. The smallest absolute Gasteiger partial charge is 0.329 e. The molecule has 1 aromatic carbocycles. The van der Waals surface area contributed by atoms with Gasteiger partial charge in [0.1, 0.15) is 6.61 Å². The van der Waals surface area contributed by atoms with Crippen molar-refractivity contribution >= 4 is 17.6 Å². The Morgan fingerprint density at radius 2 is 2.19 bits per heavy atom. The van der Waals surface area contributed by atoms with Gasteiger partial charge in [0.15, 0.2) is 0 Å². The fourth-order valence-corrected chi connectivity index (χ4v) is 3.16. The topological polar surface area (TPSA) is 49.8 Å². The molecule has 0 spiro atoms. The van der Waals surface area contributed by atoms with E-state index in [0.29, 0.717) is 6.04 Å². The molecule has 1 aromatic rings. The molecule has 1 aliphatic rings. The summed E-state index contributed by atoms with van der Waals surface area (Å²) in [4.78, 5) is 13.0. The molecule has 1 N–H and O–H groups in total. The normalized spacial score (nSPS) is 18.6. The van der Waals surface area contributed by atoms with Crippen molar-refractivity contribution in [2.24, 2.45) is 0 Å². The third kappa shape index (κ3) is 4.70. The van der Waals surface area contributed by atoms with Crippen LogP contribution in [0.3, 0.4) is 0 Å². The van der Waals surface area contributed by atoms with Crippen molar-refractivity contribution in [2.75, 3.05) is 19.7 Å². The number of piperidine rings is 1. The summed E-state index contributed by atoms with van der Waals surface area (Å²) in [7, 11) is 0. The molecular weight excluding hydrogens is 290 g/mol. The highest BCUT2D eigenvalue weighted by Gasteiger charge is 2.25. The number of likely N-dealkylation sites (tertiary alicyclic amines) is 1. The molecule has 1 heterocycles. The van der Waals surface area contributed by atoms with Crippen molar-refractivity contribution in [3.63, 3.8) is 0 Å².